The van der Waals surface area contributed by atoms with Crippen molar-refractivity contribution in [1.82, 2.24) is 10.4 Å². The molecular weight excluding hydrogens is 483 g/mol. The Morgan fingerprint density at radius 3 is 2.45 bits per heavy atom. The third kappa shape index (κ3) is 6.13. The van der Waals surface area contributed by atoms with Crippen LogP contribution in [-0.2, 0) is 19.8 Å². The van der Waals surface area contributed by atoms with Gasteiger partial charge in [-0.05, 0) is 35.7 Å². The standard InChI is InChI=1S/C29H29FN6O2/c1-18-27(38-17-19-7-9-21(10-8-19)28(31)32)25(16-37)23(14-34-18)15-35-36-29(33)24-12-11-22(13-26(24)30)20-5-3-2-4-6-20/h2-14,35,37H,15-17H2,1H3,(H3,31,32)(H2,33,36). The van der Waals surface area contributed by atoms with Crippen molar-refractivity contribution in [2.45, 2.75) is 26.7 Å². The number of nitrogens with two attached hydrogens (primary N) is 2. The minimum Gasteiger partial charge on any atom is -0.487 e. The molecule has 7 N–H and O–H groups in total. The highest BCUT2D eigenvalue weighted by Crippen LogP contribution is 2.27. The molecule has 1 heterocycles. The van der Waals surface area contributed by atoms with Crippen LogP contribution in [0.1, 0.15) is 33.5 Å². The molecular formula is C29H29FN6O2. The summed E-state index contributed by atoms with van der Waals surface area (Å²) >= 11 is 0. The van der Waals surface area contributed by atoms with E-state index >= 15 is 0 Å². The van der Waals surface area contributed by atoms with Crippen LogP contribution in [0, 0.1) is 18.2 Å². The summed E-state index contributed by atoms with van der Waals surface area (Å²) in [7, 11) is 0. The highest BCUT2D eigenvalue weighted by molar-refractivity contribution is 5.98. The number of halogens is 1. The van der Waals surface area contributed by atoms with Gasteiger partial charge in [-0.25, -0.2) is 4.39 Å². The van der Waals surface area contributed by atoms with Gasteiger partial charge in [0.1, 0.15) is 24.0 Å². The third-order valence-corrected chi connectivity index (χ3v) is 6.03. The number of aryl methyl sites for hydroxylation is 1. The number of aliphatic hydroxyl groups excluding tert-OH is 1. The van der Waals surface area contributed by atoms with E-state index in [-0.39, 0.29) is 37.0 Å². The topological polar surface area (TPSA) is 143 Å². The van der Waals surface area contributed by atoms with E-state index in [2.05, 4.69) is 15.5 Å². The summed E-state index contributed by atoms with van der Waals surface area (Å²) < 4.78 is 20.8. The largest absolute Gasteiger partial charge is 0.487 e. The lowest BCUT2D eigenvalue weighted by atomic mass is 10.0. The summed E-state index contributed by atoms with van der Waals surface area (Å²) in [5.41, 5.74) is 19.6. The average molecular weight is 513 g/mol. The Kier molecular flexibility index (Phi) is 8.30. The Bertz CT molecular complexity index is 1460. The van der Waals surface area contributed by atoms with Gasteiger partial charge in [0, 0.05) is 22.9 Å². The number of pyridine rings is 1. The number of aliphatic hydroxyl groups is 1. The summed E-state index contributed by atoms with van der Waals surface area (Å²) in [6.07, 6.45) is 1.63. The van der Waals surface area contributed by atoms with Crippen molar-refractivity contribution in [2.75, 3.05) is 0 Å². The minimum absolute atomic E-state index is 0.00166. The van der Waals surface area contributed by atoms with E-state index in [9.17, 15) is 9.50 Å². The van der Waals surface area contributed by atoms with Gasteiger partial charge < -0.3 is 26.7 Å². The van der Waals surface area contributed by atoms with Gasteiger partial charge in [0.25, 0.3) is 0 Å². The first-order valence-electron chi connectivity index (χ1n) is 11.9. The number of benzene rings is 3. The lowest BCUT2D eigenvalue weighted by molar-refractivity contribution is 0.255. The molecule has 0 aliphatic carbocycles. The van der Waals surface area contributed by atoms with Gasteiger partial charge in [0.05, 0.1) is 24.4 Å². The normalized spacial score (nSPS) is 11.3. The number of nitrogen functional groups attached to an aromatic ring is 1. The number of rotatable bonds is 10. The van der Waals surface area contributed by atoms with Crippen LogP contribution < -0.4 is 21.6 Å². The molecule has 4 rings (SSSR count). The number of nitrogens with one attached hydrogen (secondary N) is 2. The van der Waals surface area contributed by atoms with Crippen LogP contribution in [0.2, 0.25) is 0 Å². The van der Waals surface area contributed by atoms with Crippen LogP contribution in [0.25, 0.3) is 11.1 Å². The SMILES string of the molecule is Cc1ncc(CNN=C(N)c2ccc(-c3ccccc3)cc2F)c(CO)c1OCc1ccc(C(=N)N)cc1. The van der Waals surface area contributed by atoms with Crippen LogP contribution in [0.15, 0.2) is 84.1 Å². The van der Waals surface area contributed by atoms with E-state index < -0.39 is 5.82 Å². The summed E-state index contributed by atoms with van der Waals surface area (Å²) in [5, 5.41) is 21.7. The van der Waals surface area contributed by atoms with Crippen molar-refractivity contribution < 1.29 is 14.2 Å². The molecule has 0 saturated carbocycles. The van der Waals surface area contributed by atoms with Crippen LogP contribution >= 0.6 is 0 Å². The number of ether oxygens (including phenoxy) is 1. The van der Waals surface area contributed by atoms with Crippen molar-refractivity contribution >= 4 is 11.7 Å². The molecule has 4 aromatic rings. The molecule has 0 unspecified atom stereocenters. The molecule has 3 aromatic carbocycles. The predicted molar refractivity (Wildman–Crippen MR) is 146 cm³/mol. The maximum Gasteiger partial charge on any atom is 0.153 e. The van der Waals surface area contributed by atoms with Crippen molar-refractivity contribution in [3.63, 3.8) is 0 Å². The quantitative estimate of drug-likeness (QED) is 0.124. The van der Waals surface area contributed by atoms with Crippen LogP contribution in [0.5, 0.6) is 5.75 Å². The fourth-order valence-corrected chi connectivity index (χ4v) is 3.93. The Hall–Kier alpha value is -4.76. The maximum atomic E-state index is 14.8. The van der Waals surface area contributed by atoms with Crippen molar-refractivity contribution in [2.24, 2.45) is 16.6 Å². The van der Waals surface area contributed by atoms with Gasteiger partial charge in [-0.15, -0.1) is 0 Å². The summed E-state index contributed by atoms with van der Waals surface area (Å²) in [5.74, 6) is -0.00913. The van der Waals surface area contributed by atoms with Gasteiger partial charge in [0.15, 0.2) is 5.84 Å². The molecule has 0 atom stereocenters. The van der Waals surface area contributed by atoms with E-state index in [1.165, 1.54) is 6.07 Å². The number of amidine groups is 2. The Morgan fingerprint density at radius 2 is 1.79 bits per heavy atom. The summed E-state index contributed by atoms with van der Waals surface area (Å²) in [4.78, 5) is 4.39. The van der Waals surface area contributed by atoms with E-state index in [0.29, 0.717) is 28.1 Å². The first kappa shape index (κ1) is 26.3. The van der Waals surface area contributed by atoms with Crippen molar-refractivity contribution in [3.8, 4) is 16.9 Å². The van der Waals surface area contributed by atoms with E-state index in [0.717, 1.165) is 16.7 Å². The van der Waals surface area contributed by atoms with Crippen LogP contribution in [0.4, 0.5) is 4.39 Å². The Morgan fingerprint density at radius 1 is 1.05 bits per heavy atom. The molecule has 194 valence electrons. The van der Waals surface area contributed by atoms with E-state index in [4.69, 9.17) is 21.6 Å². The molecule has 1 aromatic heterocycles. The van der Waals surface area contributed by atoms with Gasteiger partial charge in [-0.1, -0.05) is 60.7 Å². The number of aromatic nitrogens is 1. The lowest BCUT2D eigenvalue weighted by Crippen LogP contribution is -2.21. The smallest absolute Gasteiger partial charge is 0.153 e. The number of hydrazone groups is 1. The first-order chi connectivity index (χ1) is 18.4. The monoisotopic (exact) mass is 512 g/mol. The van der Waals surface area contributed by atoms with Gasteiger partial charge in [0.2, 0.25) is 0 Å². The molecule has 0 radical (unpaired) electrons. The Balaban J connectivity index is 1.45. The lowest BCUT2D eigenvalue weighted by Gasteiger charge is -2.16. The van der Waals surface area contributed by atoms with Crippen molar-refractivity contribution in [3.05, 3.63) is 118 Å². The molecule has 0 aliphatic rings. The molecule has 0 amide bonds. The van der Waals surface area contributed by atoms with Crippen LogP contribution in [0.3, 0.4) is 0 Å². The molecule has 0 saturated heterocycles. The van der Waals surface area contributed by atoms with Crippen molar-refractivity contribution in [1.29, 1.82) is 5.41 Å². The number of nitrogens with zero attached hydrogens (tertiary/aromatic N) is 2. The molecule has 9 heteroatoms. The molecule has 8 nitrogen and oxygen atoms in total. The zero-order chi connectivity index (χ0) is 27.1. The number of hydrogen-bond acceptors (Lipinski definition) is 6. The molecule has 0 bridgehead atoms. The third-order valence-electron chi connectivity index (χ3n) is 6.03. The summed E-state index contributed by atoms with van der Waals surface area (Å²) in [6.45, 7) is 1.96. The molecule has 0 spiro atoms. The Labute approximate surface area is 220 Å². The van der Waals surface area contributed by atoms with Gasteiger partial charge in [-0.3, -0.25) is 10.4 Å². The zero-order valence-corrected chi connectivity index (χ0v) is 20.9. The van der Waals surface area contributed by atoms with Gasteiger partial charge in [-0.2, -0.15) is 5.10 Å². The highest BCUT2D eigenvalue weighted by atomic mass is 19.1. The van der Waals surface area contributed by atoms with Gasteiger partial charge >= 0.3 is 0 Å². The fourth-order valence-electron chi connectivity index (χ4n) is 3.93. The molecule has 0 aliphatic heterocycles. The van der Waals surface area contributed by atoms with Crippen LogP contribution in [-0.4, -0.2) is 21.8 Å². The highest BCUT2D eigenvalue weighted by Gasteiger charge is 2.14. The second-order valence-corrected chi connectivity index (χ2v) is 8.63. The predicted octanol–water partition coefficient (Wildman–Crippen LogP) is 3.96. The van der Waals surface area contributed by atoms with E-state index in [1.54, 1.807) is 37.4 Å². The molecule has 0 fully saturated rings. The second kappa shape index (κ2) is 12.0. The fraction of sp³-hybridized carbons (Fsp3) is 0.138. The first-order valence-corrected chi connectivity index (χ1v) is 11.9. The average Bonchev–Trinajstić information content (AvgIpc) is 2.93. The minimum atomic E-state index is -0.477. The van der Waals surface area contributed by atoms with E-state index in [1.807, 2.05) is 42.5 Å². The zero-order valence-electron chi connectivity index (χ0n) is 20.9. The second-order valence-electron chi connectivity index (χ2n) is 8.63. The number of hydrogen-bond donors (Lipinski definition) is 5. The molecule has 38 heavy (non-hydrogen) atoms. The maximum absolute atomic E-state index is 14.8. The summed E-state index contributed by atoms with van der Waals surface area (Å²) in [6, 6.07) is 21.5.